The summed E-state index contributed by atoms with van der Waals surface area (Å²) in [5, 5.41) is 14.5. The molecule has 7 nitrogen and oxygen atoms in total. The first kappa shape index (κ1) is 21.2. The molecule has 1 amide bonds. The monoisotopic (exact) mass is 404 g/mol. The van der Waals surface area contributed by atoms with Crippen molar-refractivity contribution in [2.24, 2.45) is 0 Å². The van der Waals surface area contributed by atoms with Crippen molar-refractivity contribution in [1.29, 1.82) is 0 Å². The zero-order chi connectivity index (χ0) is 20.9. The number of rotatable bonds is 5. The molecule has 2 rings (SSSR count). The standard InChI is InChI=1S/C20H21ClN2O5/c1-20(2,3)28-19(24)22-16-9-5-7-13(18(16)23(25)26)11-12-14-15(21)8-6-10-17(14)27-4/h5-12H,1-4H3,(H,22,24). The molecule has 0 bridgehead atoms. The fourth-order valence-electron chi connectivity index (χ4n) is 2.44. The van der Waals surface area contributed by atoms with E-state index in [1.54, 1.807) is 63.3 Å². The maximum Gasteiger partial charge on any atom is 0.412 e. The van der Waals surface area contributed by atoms with Gasteiger partial charge in [0.1, 0.15) is 17.0 Å². The number of methoxy groups -OCH3 is 1. The molecule has 0 aromatic heterocycles. The summed E-state index contributed by atoms with van der Waals surface area (Å²) in [6.45, 7) is 5.12. The molecule has 0 saturated carbocycles. The quantitative estimate of drug-likeness (QED) is 0.387. The van der Waals surface area contributed by atoms with Crippen molar-refractivity contribution in [3.8, 4) is 5.75 Å². The largest absolute Gasteiger partial charge is 0.496 e. The Kier molecular flexibility index (Phi) is 6.64. The van der Waals surface area contributed by atoms with Crippen LogP contribution in [-0.2, 0) is 4.74 Å². The van der Waals surface area contributed by atoms with Crippen molar-refractivity contribution in [2.75, 3.05) is 12.4 Å². The first-order valence-corrected chi connectivity index (χ1v) is 8.78. The number of carbonyl (C=O) groups excluding carboxylic acids is 1. The van der Waals surface area contributed by atoms with Crippen LogP contribution < -0.4 is 10.1 Å². The zero-order valence-electron chi connectivity index (χ0n) is 16.0. The highest BCUT2D eigenvalue weighted by atomic mass is 35.5. The van der Waals surface area contributed by atoms with E-state index in [0.717, 1.165) is 0 Å². The molecule has 0 aliphatic rings. The minimum absolute atomic E-state index is 0.0347. The van der Waals surface area contributed by atoms with Gasteiger partial charge in [0.2, 0.25) is 0 Å². The Balaban J connectivity index is 2.41. The average molecular weight is 405 g/mol. The summed E-state index contributed by atoms with van der Waals surface area (Å²) in [5.74, 6) is 0.537. The maximum absolute atomic E-state index is 12.0. The number of amides is 1. The van der Waals surface area contributed by atoms with Crippen molar-refractivity contribution in [2.45, 2.75) is 26.4 Å². The second kappa shape index (κ2) is 8.75. The predicted molar refractivity (Wildman–Crippen MR) is 110 cm³/mol. The lowest BCUT2D eigenvalue weighted by molar-refractivity contribution is -0.384. The molecule has 1 N–H and O–H groups in total. The molecule has 148 valence electrons. The lowest BCUT2D eigenvalue weighted by atomic mass is 10.1. The molecule has 28 heavy (non-hydrogen) atoms. The Bertz CT molecular complexity index is 919. The molecular formula is C20H21ClN2O5. The minimum Gasteiger partial charge on any atom is -0.496 e. The number of anilines is 1. The van der Waals surface area contributed by atoms with E-state index in [-0.39, 0.29) is 11.4 Å². The van der Waals surface area contributed by atoms with Gasteiger partial charge in [-0.15, -0.1) is 0 Å². The molecule has 0 saturated heterocycles. The molecule has 0 spiro atoms. The fraction of sp³-hybridized carbons (Fsp3) is 0.250. The normalized spacial score (nSPS) is 11.3. The molecule has 0 fully saturated rings. The summed E-state index contributed by atoms with van der Waals surface area (Å²) in [6.07, 6.45) is 2.40. The average Bonchev–Trinajstić information content (AvgIpc) is 2.58. The number of ether oxygens (including phenoxy) is 2. The number of carbonyl (C=O) groups is 1. The van der Waals surface area contributed by atoms with Gasteiger partial charge in [0.25, 0.3) is 5.69 Å². The van der Waals surface area contributed by atoms with Crippen molar-refractivity contribution in [1.82, 2.24) is 0 Å². The van der Waals surface area contributed by atoms with Crippen LogP contribution in [0.2, 0.25) is 5.02 Å². The number of nitro benzene ring substituents is 1. The summed E-state index contributed by atoms with van der Waals surface area (Å²) < 4.78 is 10.4. The maximum atomic E-state index is 12.0. The van der Waals surface area contributed by atoms with E-state index in [1.807, 2.05) is 0 Å². The molecule has 0 atom stereocenters. The Morgan fingerprint density at radius 2 is 1.86 bits per heavy atom. The van der Waals surface area contributed by atoms with Crippen LogP contribution in [0, 0.1) is 10.1 Å². The summed E-state index contributed by atoms with van der Waals surface area (Å²) in [6, 6.07) is 9.78. The molecule has 0 unspecified atom stereocenters. The van der Waals surface area contributed by atoms with E-state index >= 15 is 0 Å². The molecule has 0 aliphatic carbocycles. The second-order valence-electron chi connectivity index (χ2n) is 6.82. The van der Waals surface area contributed by atoms with Gasteiger partial charge in [-0.1, -0.05) is 23.7 Å². The van der Waals surface area contributed by atoms with E-state index in [4.69, 9.17) is 21.1 Å². The van der Waals surface area contributed by atoms with Gasteiger partial charge >= 0.3 is 6.09 Å². The lowest BCUT2D eigenvalue weighted by Crippen LogP contribution is -2.27. The van der Waals surface area contributed by atoms with Crippen LogP contribution in [0.3, 0.4) is 0 Å². The van der Waals surface area contributed by atoms with E-state index in [9.17, 15) is 14.9 Å². The number of hydrogen-bond acceptors (Lipinski definition) is 5. The third kappa shape index (κ3) is 5.47. The van der Waals surface area contributed by atoms with E-state index < -0.39 is 16.6 Å². The highest BCUT2D eigenvalue weighted by molar-refractivity contribution is 6.32. The predicted octanol–water partition coefficient (Wildman–Crippen LogP) is 5.77. The Labute approximate surface area is 168 Å². The van der Waals surface area contributed by atoms with Gasteiger partial charge in [-0.25, -0.2) is 4.79 Å². The molecule has 0 aliphatic heterocycles. The van der Waals surface area contributed by atoms with Gasteiger partial charge in [0, 0.05) is 5.56 Å². The minimum atomic E-state index is -0.774. The molecule has 2 aromatic carbocycles. The van der Waals surface area contributed by atoms with Crippen molar-refractivity contribution in [3.63, 3.8) is 0 Å². The van der Waals surface area contributed by atoms with Gasteiger partial charge in [0.15, 0.2) is 0 Å². The molecule has 2 aromatic rings. The SMILES string of the molecule is COc1cccc(Cl)c1C=Cc1cccc(NC(=O)OC(C)(C)C)c1[N+](=O)[O-]. The van der Waals surface area contributed by atoms with Crippen LogP contribution >= 0.6 is 11.6 Å². The van der Waals surface area contributed by atoms with Gasteiger partial charge in [-0.05, 0) is 57.2 Å². The fourth-order valence-corrected chi connectivity index (χ4v) is 2.67. The Morgan fingerprint density at radius 1 is 1.18 bits per heavy atom. The molecule has 0 radical (unpaired) electrons. The first-order chi connectivity index (χ1) is 13.1. The topological polar surface area (TPSA) is 90.7 Å². The van der Waals surface area contributed by atoms with Crippen LogP contribution in [0.15, 0.2) is 36.4 Å². The van der Waals surface area contributed by atoms with Gasteiger partial charge in [-0.3, -0.25) is 15.4 Å². The molecule has 8 heteroatoms. The summed E-state index contributed by atoms with van der Waals surface area (Å²) in [5.41, 5.74) is -0.0630. The van der Waals surface area contributed by atoms with Crippen LogP contribution in [0.1, 0.15) is 31.9 Å². The van der Waals surface area contributed by atoms with E-state index in [2.05, 4.69) is 5.32 Å². The van der Waals surface area contributed by atoms with Crippen LogP contribution in [0.25, 0.3) is 12.2 Å². The van der Waals surface area contributed by atoms with E-state index in [0.29, 0.717) is 21.9 Å². The van der Waals surface area contributed by atoms with Crippen LogP contribution in [0.5, 0.6) is 5.75 Å². The highest BCUT2D eigenvalue weighted by Gasteiger charge is 2.22. The highest BCUT2D eigenvalue weighted by Crippen LogP contribution is 2.33. The number of nitrogens with one attached hydrogen (secondary N) is 1. The number of nitro groups is 1. The third-order valence-electron chi connectivity index (χ3n) is 3.55. The summed E-state index contributed by atoms with van der Waals surface area (Å²) >= 11 is 6.20. The molecule has 0 heterocycles. The van der Waals surface area contributed by atoms with Crippen molar-refractivity contribution in [3.05, 3.63) is 62.7 Å². The number of halogens is 1. The van der Waals surface area contributed by atoms with Gasteiger partial charge in [0.05, 0.1) is 22.6 Å². The van der Waals surface area contributed by atoms with Crippen LogP contribution in [0.4, 0.5) is 16.2 Å². The van der Waals surface area contributed by atoms with Crippen molar-refractivity contribution < 1.29 is 19.2 Å². The zero-order valence-corrected chi connectivity index (χ0v) is 16.7. The number of nitrogens with zero attached hydrogens (tertiary/aromatic N) is 1. The summed E-state index contributed by atoms with van der Waals surface area (Å²) in [7, 11) is 1.51. The smallest absolute Gasteiger partial charge is 0.412 e. The number of benzene rings is 2. The van der Waals surface area contributed by atoms with Crippen molar-refractivity contribution >= 4 is 41.2 Å². The number of para-hydroxylation sites is 1. The van der Waals surface area contributed by atoms with Crippen LogP contribution in [-0.4, -0.2) is 23.7 Å². The number of hydrogen-bond donors (Lipinski definition) is 1. The Hall–Kier alpha value is -3.06. The molecular weight excluding hydrogens is 384 g/mol. The lowest BCUT2D eigenvalue weighted by Gasteiger charge is -2.19. The Morgan fingerprint density at radius 3 is 2.46 bits per heavy atom. The third-order valence-corrected chi connectivity index (χ3v) is 3.88. The van der Waals surface area contributed by atoms with Gasteiger partial charge < -0.3 is 9.47 Å². The first-order valence-electron chi connectivity index (χ1n) is 8.40. The second-order valence-corrected chi connectivity index (χ2v) is 7.22. The van der Waals surface area contributed by atoms with E-state index in [1.165, 1.54) is 13.2 Å². The summed E-state index contributed by atoms with van der Waals surface area (Å²) in [4.78, 5) is 23.1. The van der Waals surface area contributed by atoms with Gasteiger partial charge in [-0.2, -0.15) is 0 Å².